The Balaban J connectivity index is 2.00. The highest BCUT2D eigenvalue weighted by atomic mass is 16.3. The Morgan fingerprint density at radius 2 is 2.12 bits per heavy atom. The summed E-state index contributed by atoms with van der Waals surface area (Å²) in [4.78, 5) is 2.43. The van der Waals surface area contributed by atoms with Gasteiger partial charge in [-0.1, -0.05) is 29.8 Å². The molecule has 1 aliphatic heterocycles. The molecule has 1 aromatic rings. The second-order valence-electron chi connectivity index (χ2n) is 4.84. The van der Waals surface area contributed by atoms with Crippen molar-refractivity contribution in [3.63, 3.8) is 0 Å². The van der Waals surface area contributed by atoms with Gasteiger partial charge < -0.3 is 15.3 Å². The molecular weight excluding hydrogens is 212 g/mol. The number of aliphatic hydroxyl groups excluding tert-OH is 1. The number of nitrogens with zero attached hydrogens (tertiary/aromatic N) is 1. The molecule has 1 fully saturated rings. The number of aryl methyl sites for hydroxylation is 1. The smallest absolute Gasteiger partial charge is 0.0512 e. The minimum Gasteiger partial charge on any atom is -0.396 e. The third-order valence-corrected chi connectivity index (χ3v) is 3.42. The van der Waals surface area contributed by atoms with E-state index in [0.717, 1.165) is 32.7 Å². The molecule has 1 saturated heterocycles. The molecule has 1 atom stereocenters. The van der Waals surface area contributed by atoms with Gasteiger partial charge in [0, 0.05) is 38.6 Å². The van der Waals surface area contributed by atoms with Crippen LogP contribution in [0.1, 0.15) is 17.0 Å². The van der Waals surface area contributed by atoms with E-state index in [1.165, 1.54) is 11.1 Å². The molecule has 1 unspecified atom stereocenters. The summed E-state index contributed by atoms with van der Waals surface area (Å²) in [7, 11) is 0. The van der Waals surface area contributed by atoms with Crippen LogP contribution in [0, 0.1) is 6.92 Å². The Kier molecular flexibility index (Phi) is 4.54. The van der Waals surface area contributed by atoms with Gasteiger partial charge in [-0.15, -0.1) is 0 Å². The quantitative estimate of drug-likeness (QED) is 0.815. The lowest BCUT2D eigenvalue weighted by atomic mass is 9.97. The molecule has 0 bridgehead atoms. The van der Waals surface area contributed by atoms with Crippen LogP contribution in [0.15, 0.2) is 24.3 Å². The largest absolute Gasteiger partial charge is 0.396 e. The molecule has 0 aromatic heterocycles. The van der Waals surface area contributed by atoms with E-state index >= 15 is 0 Å². The first-order chi connectivity index (χ1) is 8.29. The Bertz CT molecular complexity index is 348. The Hall–Kier alpha value is -0.900. The molecule has 1 heterocycles. The van der Waals surface area contributed by atoms with Gasteiger partial charge in [0.2, 0.25) is 0 Å². The maximum Gasteiger partial charge on any atom is 0.0512 e. The van der Waals surface area contributed by atoms with E-state index in [9.17, 15) is 5.11 Å². The number of hydrogen-bond acceptors (Lipinski definition) is 3. The molecule has 0 radical (unpaired) electrons. The van der Waals surface area contributed by atoms with Crippen LogP contribution in [0.2, 0.25) is 0 Å². The highest BCUT2D eigenvalue weighted by Gasteiger charge is 2.17. The molecule has 0 spiro atoms. The number of aliphatic hydroxyl groups is 1. The zero-order valence-electron chi connectivity index (χ0n) is 10.5. The summed E-state index contributed by atoms with van der Waals surface area (Å²) in [6.07, 6.45) is 0. The highest BCUT2D eigenvalue weighted by Crippen LogP contribution is 2.18. The van der Waals surface area contributed by atoms with Crippen LogP contribution in [0.25, 0.3) is 0 Å². The highest BCUT2D eigenvalue weighted by molar-refractivity contribution is 5.25. The van der Waals surface area contributed by atoms with Gasteiger partial charge in [0.15, 0.2) is 0 Å². The predicted molar refractivity (Wildman–Crippen MR) is 70.3 cm³/mol. The van der Waals surface area contributed by atoms with Gasteiger partial charge in [-0.05, 0) is 12.5 Å². The lowest BCUT2D eigenvalue weighted by molar-refractivity contribution is 0.185. The van der Waals surface area contributed by atoms with Crippen molar-refractivity contribution in [1.82, 2.24) is 10.2 Å². The summed E-state index contributed by atoms with van der Waals surface area (Å²) in [5, 5.41) is 12.9. The third kappa shape index (κ3) is 3.53. The molecule has 0 saturated carbocycles. The molecular formula is C14H22N2O. The molecule has 17 heavy (non-hydrogen) atoms. The van der Waals surface area contributed by atoms with Crippen LogP contribution in [0.5, 0.6) is 0 Å². The summed E-state index contributed by atoms with van der Waals surface area (Å²) in [5.74, 6) is 0.244. The van der Waals surface area contributed by atoms with Crippen LogP contribution >= 0.6 is 0 Å². The van der Waals surface area contributed by atoms with E-state index in [1.54, 1.807) is 0 Å². The zero-order valence-corrected chi connectivity index (χ0v) is 10.5. The number of piperazine rings is 1. The maximum absolute atomic E-state index is 9.56. The normalized spacial score (nSPS) is 19.2. The Morgan fingerprint density at radius 1 is 1.35 bits per heavy atom. The Labute approximate surface area is 103 Å². The average Bonchev–Trinajstić information content (AvgIpc) is 2.37. The van der Waals surface area contributed by atoms with Crippen molar-refractivity contribution in [2.45, 2.75) is 12.8 Å². The van der Waals surface area contributed by atoms with Crippen LogP contribution in [-0.4, -0.2) is 49.3 Å². The van der Waals surface area contributed by atoms with Crippen molar-refractivity contribution < 1.29 is 5.11 Å². The standard InChI is InChI=1S/C14H22N2O/c1-12-3-2-4-13(9-12)14(11-17)10-16-7-5-15-6-8-16/h2-4,9,14-15,17H,5-8,10-11H2,1H3. The van der Waals surface area contributed by atoms with Crippen molar-refractivity contribution in [1.29, 1.82) is 0 Å². The SMILES string of the molecule is Cc1cccc(C(CO)CN2CCNCC2)c1. The van der Waals surface area contributed by atoms with E-state index in [2.05, 4.69) is 41.4 Å². The Morgan fingerprint density at radius 3 is 2.76 bits per heavy atom. The first kappa shape index (κ1) is 12.6. The molecule has 0 amide bonds. The van der Waals surface area contributed by atoms with Crippen molar-refractivity contribution in [2.75, 3.05) is 39.3 Å². The topological polar surface area (TPSA) is 35.5 Å². The summed E-state index contributed by atoms with van der Waals surface area (Å²) < 4.78 is 0. The third-order valence-electron chi connectivity index (χ3n) is 3.42. The van der Waals surface area contributed by atoms with Gasteiger partial charge in [0.1, 0.15) is 0 Å². The number of benzene rings is 1. The summed E-state index contributed by atoms with van der Waals surface area (Å²) in [6, 6.07) is 8.48. The zero-order chi connectivity index (χ0) is 12.1. The second-order valence-corrected chi connectivity index (χ2v) is 4.84. The number of rotatable bonds is 4. The van der Waals surface area contributed by atoms with Gasteiger partial charge in [-0.2, -0.15) is 0 Å². The molecule has 0 aliphatic carbocycles. The minimum absolute atomic E-state index is 0.230. The molecule has 94 valence electrons. The average molecular weight is 234 g/mol. The van der Waals surface area contributed by atoms with E-state index in [1.807, 2.05) is 0 Å². The second kappa shape index (κ2) is 6.15. The van der Waals surface area contributed by atoms with Crippen LogP contribution < -0.4 is 5.32 Å². The van der Waals surface area contributed by atoms with Crippen LogP contribution in [-0.2, 0) is 0 Å². The van der Waals surface area contributed by atoms with Gasteiger partial charge in [-0.3, -0.25) is 0 Å². The fourth-order valence-corrected chi connectivity index (χ4v) is 2.40. The molecule has 1 aliphatic rings. The van der Waals surface area contributed by atoms with Gasteiger partial charge in [0.05, 0.1) is 6.61 Å². The van der Waals surface area contributed by atoms with Crippen LogP contribution in [0.3, 0.4) is 0 Å². The van der Waals surface area contributed by atoms with E-state index in [0.29, 0.717) is 0 Å². The first-order valence-corrected chi connectivity index (χ1v) is 6.40. The number of nitrogens with one attached hydrogen (secondary N) is 1. The van der Waals surface area contributed by atoms with E-state index in [4.69, 9.17) is 0 Å². The lowest BCUT2D eigenvalue weighted by Crippen LogP contribution is -2.45. The van der Waals surface area contributed by atoms with E-state index < -0.39 is 0 Å². The predicted octanol–water partition coefficient (Wildman–Crippen LogP) is 0.976. The first-order valence-electron chi connectivity index (χ1n) is 6.40. The summed E-state index contributed by atoms with van der Waals surface area (Å²) >= 11 is 0. The van der Waals surface area contributed by atoms with Crippen molar-refractivity contribution in [3.05, 3.63) is 35.4 Å². The summed E-state index contributed by atoms with van der Waals surface area (Å²) in [5.41, 5.74) is 2.52. The monoisotopic (exact) mass is 234 g/mol. The number of hydrogen-bond donors (Lipinski definition) is 2. The minimum atomic E-state index is 0.230. The van der Waals surface area contributed by atoms with Gasteiger partial charge in [-0.25, -0.2) is 0 Å². The fourth-order valence-electron chi connectivity index (χ4n) is 2.40. The van der Waals surface area contributed by atoms with E-state index in [-0.39, 0.29) is 12.5 Å². The van der Waals surface area contributed by atoms with Gasteiger partial charge >= 0.3 is 0 Å². The van der Waals surface area contributed by atoms with Crippen molar-refractivity contribution in [3.8, 4) is 0 Å². The molecule has 3 nitrogen and oxygen atoms in total. The van der Waals surface area contributed by atoms with Gasteiger partial charge in [0.25, 0.3) is 0 Å². The van der Waals surface area contributed by atoms with Crippen LogP contribution in [0.4, 0.5) is 0 Å². The maximum atomic E-state index is 9.56. The van der Waals surface area contributed by atoms with Crippen molar-refractivity contribution in [2.24, 2.45) is 0 Å². The molecule has 2 N–H and O–H groups in total. The lowest BCUT2D eigenvalue weighted by Gasteiger charge is -2.30. The molecule has 3 heteroatoms. The van der Waals surface area contributed by atoms with Crippen molar-refractivity contribution >= 4 is 0 Å². The fraction of sp³-hybridized carbons (Fsp3) is 0.571. The molecule has 1 aromatic carbocycles. The summed E-state index contributed by atoms with van der Waals surface area (Å²) in [6.45, 7) is 7.58. The molecule has 2 rings (SSSR count).